The standard InChI is InChI=1S/C33H37FN6O2/c1-33(2,27-8-3-24(21-35)4-9-27)40-15-13-29(14-16-40)37-31(41)30-12-7-26(22-36-30)32(42)39-19-17-38(18-20-39)23-25-5-10-28(34)11-6-25/h3-12,22,29H,13-20,23H2,1-2H3,(H,37,41). The number of piperazine rings is 1. The zero-order valence-corrected chi connectivity index (χ0v) is 24.2. The molecule has 9 heteroatoms. The van der Waals surface area contributed by atoms with Crippen LogP contribution >= 0.6 is 0 Å². The second kappa shape index (κ2) is 12.8. The fourth-order valence-corrected chi connectivity index (χ4v) is 5.77. The molecule has 0 atom stereocenters. The number of nitrogens with zero attached hydrogens (tertiary/aromatic N) is 5. The molecule has 5 rings (SSSR count). The molecule has 1 N–H and O–H groups in total. The highest BCUT2D eigenvalue weighted by Gasteiger charge is 2.32. The van der Waals surface area contributed by atoms with E-state index in [9.17, 15) is 14.0 Å². The van der Waals surface area contributed by atoms with Gasteiger partial charge in [-0.2, -0.15) is 5.26 Å². The van der Waals surface area contributed by atoms with Crippen LogP contribution in [0, 0.1) is 17.1 Å². The van der Waals surface area contributed by atoms with Gasteiger partial charge in [-0.3, -0.25) is 24.4 Å². The Kier molecular flexibility index (Phi) is 8.95. The van der Waals surface area contributed by atoms with Crippen molar-refractivity contribution in [3.8, 4) is 6.07 Å². The van der Waals surface area contributed by atoms with E-state index in [0.717, 1.165) is 56.7 Å². The highest BCUT2D eigenvalue weighted by atomic mass is 19.1. The van der Waals surface area contributed by atoms with E-state index in [2.05, 4.69) is 40.0 Å². The molecule has 2 amide bonds. The van der Waals surface area contributed by atoms with Gasteiger partial charge in [-0.25, -0.2) is 4.39 Å². The molecule has 1 aromatic heterocycles. The molecule has 218 valence electrons. The lowest BCUT2D eigenvalue weighted by Crippen LogP contribution is -2.50. The Balaban J connectivity index is 1.08. The third-order valence-corrected chi connectivity index (χ3v) is 8.56. The van der Waals surface area contributed by atoms with E-state index in [0.29, 0.717) is 29.9 Å². The number of nitriles is 1. The maximum Gasteiger partial charge on any atom is 0.270 e. The average Bonchev–Trinajstić information content (AvgIpc) is 3.02. The van der Waals surface area contributed by atoms with E-state index >= 15 is 0 Å². The maximum absolute atomic E-state index is 13.2. The number of benzene rings is 2. The van der Waals surface area contributed by atoms with E-state index in [1.54, 1.807) is 24.3 Å². The minimum atomic E-state index is -0.243. The van der Waals surface area contributed by atoms with Gasteiger partial charge in [0.2, 0.25) is 0 Å². The van der Waals surface area contributed by atoms with Gasteiger partial charge >= 0.3 is 0 Å². The van der Waals surface area contributed by atoms with Gasteiger partial charge in [0.15, 0.2) is 0 Å². The van der Waals surface area contributed by atoms with Crippen molar-refractivity contribution in [2.24, 2.45) is 0 Å². The number of piperidine rings is 1. The highest BCUT2D eigenvalue weighted by molar-refractivity contribution is 5.96. The number of hydrogen-bond acceptors (Lipinski definition) is 6. The average molecular weight is 569 g/mol. The SMILES string of the molecule is CC(C)(c1ccc(C#N)cc1)N1CCC(NC(=O)c2ccc(C(=O)N3CCN(Cc4ccc(F)cc4)CC3)cn2)CC1. The number of halogens is 1. The first-order valence-electron chi connectivity index (χ1n) is 14.5. The number of nitrogens with one attached hydrogen (secondary N) is 1. The lowest BCUT2D eigenvalue weighted by atomic mass is 9.89. The van der Waals surface area contributed by atoms with E-state index in [-0.39, 0.29) is 29.2 Å². The summed E-state index contributed by atoms with van der Waals surface area (Å²) in [6, 6.07) is 19.8. The van der Waals surface area contributed by atoms with Crippen LogP contribution < -0.4 is 5.32 Å². The van der Waals surface area contributed by atoms with Crippen LogP contribution in [-0.4, -0.2) is 76.8 Å². The summed E-state index contributed by atoms with van der Waals surface area (Å²) in [4.78, 5) is 36.8. The fourth-order valence-electron chi connectivity index (χ4n) is 5.77. The Labute approximate surface area is 246 Å². The molecule has 0 bridgehead atoms. The van der Waals surface area contributed by atoms with Crippen molar-refractivity contribution in [2.75, 3.05) is 39.3 Å². The van der Waals surface area contributed by atoms with Crippen molar-refractivity contribution in [3.63, 3.8) is 0 Å². The van der Waals surface area contributed by atoms with Crippen molar-refractivity contribution >= 4 is 11.8 Å². The number of aromatic nitrogens is 1. The maximum atomic E-state index is 13.2. The summed E-state index contributed by atoms with van der Waals surface area (Å²) in [5, 5.41) is 12.2. The van der Waals surface area contributed by atoms with Gasteiger partial charge in [0.25, 0.3) is 11.8 Å². The van der Waals surface area contributed by atoms with E-state index in [1.165, 1.54) is 18.3 Å². The van der Waals surface area contributed by atoms with Crippen LogP contribution in [0.1, 0.15) is 64.2 Å². The third kappa shape index (κ3) is 6.84. The van der Waals surface area contributed by atoms with Gasteiger partial charge in [-0.05, 0) is 74.2 Å². The Morgan fingerprint density at radius 2 is 1.62 bits per heavy atom. The van der Waals surface area contributed by atoms with Gasteiger partial charge in [0.1, 0.15) is 11.5 Å². The van der Waals surface area contributed by atoms with Crippen LogP contribution in [0.2, 0.25) is 0 Å². The lowest BCUT2D eigenvalue weighted by molar-refractivity contribution is 0.0627. The number of rotatable bonds is 7. The zero-order chi connectivity index (χ0) is 29.7. The molecule has 2 aliphatic heterocycles. The predicted octanol–water partition coefficient (Wildman–Crippen LogP) is 4.18. The smallest absolute Gasteiger partial charge is 0.270 e. The minimum absolute atomic E-state index is 0.0554. The second-order valence-corrected chi connectivity index (χ2v) is 11.6. The summed E-state index contributed by atoms with van der Waals surface area (Å²) >= 11 is 0. The highest BCUT2D eigenvalue weighted by Crippen LogP contribution is 2.31. The summed E-state index contributed by atoms with van der Waals surface area (Å²) in [5.41, 5.74) is 3.46. The fraction of sp³-hybridized carbons (Fsp3) is 0.394. The third-order valence-electron chi connectivity index (χ3n) is 8.56. The summed E-state index contributed by atoms with van der Waals surface area (Å²) < 4.78 is 13.2. The molecular formula is C33H37FN6O2. The monoisotopic (exact) mass is 568 g/mol. The Morgan fingerprint density at radius 3 is 2.21 bits per heavy atom. The molecule has 2 aliphatic rings. The molecular weight excluding hydrogens is 531 g/mol. The minimum Gasteiger partial charge on any atom is -0.348 e. The van der Waals surface area contributed by atoms with Gasteiger partial charge in [-0.15, -0.1) is 0 Å². The molecule has 2 aromatic carbocycles. The van der Waals surface area contributed by atoms with Crippen LogP contribution in [-0.2, 0) is 12.1 Å². The van der Waals surface area contributed by atoms with Crippen molar-refractivity contribution in [1.29, 1.82) is 5.26 Å². The Bertz CT molecular complexity index is 1420. The topological polar surface area (TPSA) is 92.6 Å². The van der Waals surface area contributed by atoms with Gasteiger partial charge in [0, 0.05) is 63.6 Å². The first-order valence-corrected chi connectivity index (χ1v) is 14.5. The number of pyridine rings is 1. The number of carbonyl (C=O) groups is 2. The molecule has 0 saturated carbocycles. The first kappa shape index (κ1) is 29.4. The number of carbonyl (C=O) groups excluding carboxylic acids is 2. The van der Waals surface area contributed by atoms with Crippen molar-refractivity contribution < 1.29 is 14.0 Å². The molecule has 2 saturated heterocycles. The van der Waals surface area contributed by atoms with E-state index < -0.39 is 0 Å². The second-order valence-electron chi connectivity index (χ2n) is 11.6. The van der Waals surface area contributed by atoms with Crippen molar-refractivity contribution in [1.82, 2.24) is 25.0 Å². The van der Waals surface area contributed by atoms with Gasteiger partial charge in [0.05, 0.1) is 17.2 Å². The molecule has 0 radical (unpaired) electrons. The van der Waals surface area contributed by atoms with Crippen molar-refractivity contribution in [3.05, 3.63) is 101 Å². The van der Waals surface area contributed by atoms with Gasteiger partial charge in [-0.1, -0.05) is 24.3 Å². The Hall–Kier alpha value is -4.13. The normalized spacial score (nSPS) is 17.0. The number of amides is 2. The van der Waals surface area contributed by atoms with E-state index in [1.807, 2.05) is 29.2 Å². The Morgan fingerprint density at radius 1 is 0.952 bits per heavy atom. The summed E-state index contributed by atoms with van der Waals surface area (Å²) in [7, 11) is 0. The first-order chi connectivity index (χ1) is 20.2. The molecule has 2 fully saturated rings. The van der Waals surface area contributed by atoms with Crippen LogP contribution in [0.25, 0.3) is 0 Å². The largest absolute Gasteiger partial charge is 0.348 e. The van der Waals surface area contributed by atoms with Gasteiger partial charge < -0.3 is 10.2 Å². The van der Waals surface area contributed by atoms with Crippen molar-refractivity contribution in [2.45, 2.75) is 44.8 Å². The molecule has 3 heterocycles. The van der Waals surface area contributed by atoms with Crippen LogP contribution in [0.5, 0.6) is 0 Å². The summed E-state index contributed by atoms with van der Waals surface area (Å²) in [6.07, 6.45) is 3.15. The molecule has 0 unspecified atom stereocenters. The molecule has 42 heavy (non-hydrogen) atoms. The molecule has 0 spiro atoms. The number of likely N-dealkylation sites (tertiary alicyclic amines) is 1. The lowest BCUT2D eigenvalue weighted by Gasteiger charge is -2.43. The molecule has 0 aliphatic carbocycles. The van der Waals surface area contributed by atoms with Crippen LogP contribution in [0.15, 0.2) is 66.9 Å². The predicted molar refractivity (Wildman–Crippen MR) is 158 cm³/mol. The van der Waals surface area contributed by atoms with E-state index in [4.69, 9.17) is 5.26 Å². The molecule has 8 nitrogen and oxygen atoms in total. The van der Waals surface area contributed by atoms with Crippen LogP contribution in [0.3, 0.4) is 0 Å². The summed E-state index contributed by atoms with van der Waals surface area (Å²) in [5.74, 6) is -0.561. The van der Waals surface area contributed by atoms with Crippen LogP contribution in [0.4, 0.5) is 4.39 Å². The zero-order valence-electron chi connectivity index (χ0n) is 24.2. The molecule has 3 aromatic rings. The number of hydrogen-bond donors (Lipinski definition) is 1. The summed E-state index contributed by atoms with van der Waals surface area (Å²) in [6.45, 7) is 9.46. The quantitative estimate of drug-likeness (QED) is 0.460.